The molecule has 1 saturated heterocycles. The summed E-state index contributed by atoms with van der Waals surface area (Å²) in [6, 6.07) is 17.8. The first-order chi connectivity index (χ1) is 11.7. The van der Waals surface area contributed by atoms with Gasteiger partial charge in [-0.15, -0.1) is 0 Å². The van der Waals surface area contributed by atoms with E-state index in [2.05, 4.69) is 12.2 Å². The summed E-state index contributed by atoms with van der Waals surface area (Å²) in [5, 5.41) is 0. The van der Waals surface area contributed by atoms with Crippen molar-refractivity contribution in [2.75, 3.05) is 4.90 Å². The highest BCUT2D eigenvalue weighted by molar-refractivity contribution is 6.23. The summed E-state index contributed by atoms with van der Waals surface area (Å²) in [6.07, 6.45) is 5.21. The quantitative estimate of drug-likeness (QED) is 0.626. The first-order valence-corrected chi connectivity index (χ1v) is 8.45. The molecule has 2 bridgehead atoms. The number of amides is 2. The van der Waals surface area contributed by atoms with Crippen molar-refractivity contribution in [2.45, 2.75) is 6.42 Å². The third-order valence-electron chi connectivity index (χ3n) is 5.68. The van der Waals surface area contributed by atoms with Crippen molar-refractivity contribution in [2.24, 2.45) is 23.7 Å². The molecule has 24 heavy (non-hydrogen) atoms. The van der Waals surface area contributed by atoms with Crippen molar-refractivity contribution < 1.29 is 9.59 Å². The second-order valence-electron chi connectivity index (χ2n) is 6.93. The number of rotatable bonds is 2. The van der Waals surface area contributed by atoms with Gasteiger partial charge in [-0.05, 0) is 41.5 Å². The highest BCUT2D eigenvalue weighted by Crippen LogP contribution is 2.53. The van der Waals surface area contributed by atoms with E-state index in [1.54, 1.807) is 0 Å². The summed E-state index contributed by atoms with van der Waals surface area (Å²) in [5.41, 5.74) is 2.80. The van der Waals surface area contributed by atoms with Gasteiger partial charge in [0.1, 0.15) is 0 Å². The second-order valence-corrected chi connectivity index (χ2v) is 6.93. The average Bonchev–Trinajstić information content (AvgIpc) is 3.30. The summed E-state index contributed by atoms with van der Waals surface area (Å²) in [7, 11) is 0. The van der Waals surface area contributed by atoms with Gasteiger partial charge in [-0.3, -0.25) is 9.59 Å². The van der Waals surface area contributed by atoms with Crippen LogP contribution in [0.2, 0.25) is 0 Å². The molecule has 3 heteroatoms. The number of imide groups is 1. The van der Waals surface area contributed by atoms with Gasteiger partial charge in [0.2, 0.25) is 11.8 Å². The van der Waals surface area contributed by atoms with Crippen LogP contribution in [-0.4, -0.2) is 11.8 Å². The molecule has 1 saturated carbocycles. The number of allylic oxidation sites excluding steroid dienone is 2. The van der Waals surface area contributed by atoms with Crippen molar-refractivity contribution in [1.82, 2.24) is 0 Å². The van der Waals surface area contributed by atoms with Crippen LogP contribution in [0.5, 0.6) is 0 Å². The van der Waals surface area contributed by atoms with Gasteiger partial charge in [0.15, 0.2) is 0 Å². The van der Waals surface area contributed by atoms with Gasteiger partial charge in [0, 0.05) is 0 Å². The Hall–Kier alpha value is -2.68. The summed E-state index contributed by atoms with van der Waals surface area (Å²) < 4.78 is 0. The van der Waals surface area contributed by atoms with E-state index in [0.717, 1.165) is 17.5 Å². The van der Waals surface area contributed by atoms with Crippen molar-refractivity contribution in [3.05, 3.63) is 66.7 Å². The van der Waals surface area contributed by atoms with E-state index in [0.29, 0.717) is 5.69 Å². The lowest BCUT2D eigenvalue weighted by atomic mass is 9.85. The SMILES string of the molecule is O=C1C2C3C=CC(C3)C2C(=O)N1c1cccc(-c2ccccc2)c1. The summed E-state index contributed by atoms with van der Waals surface area (Å²) in [6.45, 7) is 0. The van der Waals surface area contributed by atoms with Crippen molar-refractivity contribution in [1.29, 1.82) is 0 Å². The van der Waals surface area contributed by atoms with Crippen LogP contribution in [-0.2, 0) is 9.59 Å². The molecule has 2 aromatic rings. The molecule has 4 atom stereocenters. The fraction of sp³-hybridized carbons (Fsp3) is 0.238. The molecule has 5 rings (SSSR count). The predicted octanol–water partition coefficient (Wildman–Crippen LogP) is 3.67. The molecule has 2 amide bonds. The highest BCUT2D eigenvalue weighted by atomic mass is 16.2. The van der Waals surface area contributed by atoms with Crippen LogP contribution < -0.4 is 4.90 Å². The van der Waals surface area contributed by atoms with Crippen LogP contribution in [0.15, 0.2) is 66.7 Å². The van der Waals surface area contributed by atoms with Crippen molar-refractivity contribution in [3.63, 3.8) is 0 Å². The first-order valence-electron chi connectivity index (χ1n) is 8.45. The normalized spacial score (nSPS) is 30.2. The minimum Gasteiger partial charge on any atom is -0.274 e. The Morgan fingerprint density at radius 3 is 2.04 bits per heavy atom. The Bertz CT molecular complexity index is 840. The second kappa shape index (κ2) is 4.91. The van der Waals surface area contributed by atoms with Crippen LogP contribution in [0.1, 0.15) is 6.42 Å². The number of hydrogen-bond donors (Lipinski definition) is 0. The lowest BCUT2D eigenvalue weighted by molar-refractivity contribution is -0.123. The van der Waals surface area contributed by atoms with E-state index in [-0.39, 0.29) is 35.5 Å². The van der Waals surface area contributed by atoms with E-state index in [1.807, 2.05) is 54.6 Å². The smallest absolute Gasteiger partial charge is 0.238 e. The molecule has 3 aliphatic rings. The van der Waals surface area contributed by atoms with Gasteiger partial charge in [-0.2, -0.15) is 0 Å². The minimum absolute atomic E-state index is 0.0212. The highest BCUT2D eigenvalue weighted by Gasteiger charge is 2.59. The van der Waals surface area contributed by atoms with E-state index in [9.17, 15) is 9.59 Å². The Morgan fingerprint density at radius 1 is 0.750 bits per heavy atom. The molecule has 0 radical (unpaired) electrons. The molecule has 2 aromatic carbocycles. The minimum atomic E-state index is -0.145. The maximum Gasteiger partial charge on any atom is 0.238 e. The van der Waals surface area contributed by atoms with Crippen LogP contribution in [0, 0.1) is 23.7 Å². The standard InChI is InChI=1S/C21H17NO2/c23-20-18-15-9-10-16(11-15)19(18)21(24)22(20)17-8-4-7-14(12-17)13-5-2-1-3-6-13/h1-10,12,15-16,18-19H,11H2. The zero-order chi connectivity index (χ0) is 16.3. The number of anilines is 1. The zero-order valence-electron chi connectivity index (χ0n) is 13.1. The number of hydrogen-bond acceptors (Lipinski definition) is 2. The van der Waals surface area contributed by atoms with Gasteiger partial charge >= 0.3 is 0 Å². The number of nitrogens with zero attached hydrogens (tertiary/aromatic N) is 1. The van der Waals surface area contributed by atoms with Crippen LogP contribution in [0.25, 0.3) is 11.1 Å². The van der Waals surface area contributed by atoms with E-state index < -0.39 is 0 Å². The number of fused-ring (bicyclic) bond motifs is 5. The van der Waals surface area contributed by atoms with Gasteiger partial charge in [-0.1, -0.05) is 54.6 Å². The van der Waals surface area contributed by atoms with Crippen LogP contribution >= 0.6 is 0 Å². The molecule has 2 aliphatic carbocycles. The molecule has 1 aliphatic heterocycles. The van der Waals surface area contributed by atoms with Gasteiger partial charge in [0.25, 0.3) is 0 Å². The molecular formula is C21H17NO2. The Morgan fingerprint density at radius 2 is 1.38 bits per heavy atom. The molecular weight excluding hydrogens is 298 g/mol. The fourth-order valence-electron chi connectivity index (χ4n) is 4.61. The van der Waals surface area contributed by atoms with Gasteiger partial charge < -0.3 is 0 Å². The first kappa shape index (κ1) is 13.7. The predicted molar refractivity (Wildman–Crippen MR) is 92.1 cm³/mol. The lowest BCUT2D eigenvalue weighted by Crippen LogP contribution is -2.32. The summed E-state index contributed by atoms with van der Waals surface area (Å²) >= 11 is 0. The molecule has 1 heterocycles. The Balaban J connectivity index is 1.54. The molecule has 118 valence electrons. The molecule has 0 aromatic heterocycles. The van der Waals surface area contributed by atoms with E-state index in [1.165, 1.54) is 4.90 Å². The fourth-order valence-corrected chi connectivity index (χ4v) is 4.61. The van der Waals surface area contributed by atoms with Crippen molar-refractivity contribution >= 4 is 17.5 Å². The largest absolute Gasteiger partial charge is 0.274 e. The Kier molecular flexibility index (Phi) is 2.81. The third-order valence-corrected chi connectivity index (χ3v) is 5.68. The van der Waals surface area contributed by atoms with Crippen molar-refractivity contribution in [3.8, 4) is 11.1 Å². The maximum atomic E-state index is 12.9. The summed E-state index contributed by atoms with van der Waals surface area (Å²) in [4.78, 5) is 27.2. The third kappa shape index (κ3) is 1.78. The van der Waals surface area contributed by atoms with E-state index in [4.69, 9.17) is 0 Å². The van der Waals surface area contributed by atoms with E-state index >= 15 is 0 Å². The molecule has 3 nitrogen and oxygen atoms in total. The monoisotopic (exact) mass is 315 g/mol. The summed E-state index contributed by atoms with van der Waals surface area (Å²) in [5.74, 6) is 0.164. The lowest BCUT2D eigenvalue weighted by Gasteiger charge is -2.18. The maximum absolute atomic E-state index is 12.9. The van der Waals surface area contributed by atoms with Crippen LogP contribution in [0.3, 0.4) is 0 Å². The molecule has 4 unspecified atom stereocenters. The van der Waals surface area contributed by atoms with Gasteiger partial charge in [-0.25, -0.2) is 4.90 Å². The average molecular weight is 315 g/mol. The number of carbonyl (C=O) groups is 2. The zero-order valence-corrected chi connectivity index (χ0v) is 13.1. The molecule has 2 fully saturated rings. The Labute approximate surface area is 140 Å². The molecule has 0 spiro atoms. The number of carbonyl (C=O) groups excluding carboxylic acids is 2. The topological polar surface area (TPSA) is 37.4 Å². The van der Waals surface area contributed by atoms with Crippen LogP contribution in [0.4, 0.5) is 5.69 Å². The van der Waals surface area contributed by atoms with Gasteiger partial charge in [0.05, 0.1) is 17.5 Å². The molecule has 0 N–H and O–H groups in total. The number of benzene rings is 2.